The van der Waals surface area contributed by atoms with Gasteiger partial charge in [-0.15, -0.1) is 5.10 Å². The molecular weight excluding hydrogens is 282 g/mol. The van der Waals surface area contributed by atoms with Gasteiger partial charge in [0.15, 0.2) is 0 Å². The van der Waals surface area contributed by atoms with Crippen LogP contribution in [0.2, 0.25) is 0 Å². The molecule has 1 aliphatic rings. The summed E-state index contributed by atoms with van der Waals surface area (Å²) in [5.74, 6) is 0.335. The summed E-state index contributed by atoms with van der Waals surface area (Å²) in [6.07, 6.45) is 1.46. The fourth-order valence-corrected chi connectivity index (χ4v) is 2.47. The van der Waals surface area contributed by atoms with E-state index in [1.807, 2.05) is 37.3 Å². The Labute approximate surface area is 127 Å². The molecular formula is C15H17N5O2. The van der Waals surface area contributed by atoms with Crippen LogP contribution in [0.5, 0.6) is 0 Å². The number of benzene rings is 1. The van der Waals surface area contributed by atoms with Gasteiger partial charge < -0.3 is 0 Å². The summed E-state index contributed by atoms with van der Waals surface area (Å²) >= 11 is 0. The summed E-state index contributed by atoms with van der Waals surface area (Å²) in [7, 11) is 0. The highest BCUT2D eigenvalue weighted by Crippen LogP contribution is 2.29. The number of hydrogen-bond donors (Lipinski definition) is 2. The number of aromatic nitrogens is 3. The van der Waals surface area contributed by atoms with Gasteiger partial charge in [0, 0.05) is 6.42 Å². The van der Waals surface area contributed by atoms with Crippen LogP contribution in [0.25, 0.3) is 0 Å². The number of carbonyl (C=O) groups excluding carboxylic acids is 2. The third-order valence-corrected chi connectivity index (χ3v) is 3.47. The summed E-state index contributed by atoms with van der Waals surface area (Å²) in [5, 5.41) is 9.66. The summed E-state index contributed by atoms with van der Waals surface area (Å²) < 4.78 is 1.65. The van der Waals surface area contributed by atoms with Gasteiger partial charge in [-0.25, -0.2) is 4.68 Å². The smallest absolute Gasteiger partial charge is 0.250 e. The lowest BCUT2D eigenvalue weighted by molar-refractivity contribution is -0.117. The molecule has 1 aliphatic heterocycles. The molecule has 0 saturated heterocycles. The molecule has 7 nitrogen and oxygen atoms in total. The normalized spacial score (nSPS) is 16.8. The van der Waals surface area contributed by atoms with E-state index in [-0.39, 0.29) is 23.8 Å². The maximum absolute atomic E-state index is 11.9. The van der Waals surface area contributed by atoms with Crippen LogP contribution in [0.3, 0.4) is 0 Å². The zero-order chi connectivity index (χ0) is 15.5. The minimum atomic E-state index is -0.214. The predicted octanol–water partition coefficient (Wildman–Crippen LogP) is 1.95. The molecule has 0 bridgehead atoms. The molecule has 2 amide bonds. The van der Waals surface area contributed by atoms with Crippen LogP contribution in [-0.4, -0.2) is 26.6 Å². The number of anilines is 2. The molecule has 1 aromatic heterocycles. The Kier molecular flexibility index (Phi) is 3.86. The maximum Gasteiger partial charge on any atom is 0.250 e. The standard InChI is InChI=1S/C15H17N5O2/c1-2-6-12(21)16-14-18-15-17-13(22)9-11(20(15)19-14)10-7-4-3-5-8-10/h3-5,7-8,11H,2,6,9H2,1H3,(H2,16,17,18,19,21,22)/t11-/m0/s1. The molecule has 114 valence electrons. The summed E-state index contributed by atoms with van der Waals surface area (Å²) in [6, 6.07) is 9.44. The SMILES string of the molecule is CCCC(=O)Nc1nc2n(n1)[C@H](c1ccccc1)CC(=O)N2. The monoisotopic (exact) mass is 299 g/mol. The molecule has 2 N–H and O–H groups in total. The Bertz CT molecular complexity index is 695. The number of carbonyl (C=O) groups is 2. The van der Waals surface area contributed by atoms with E-state index in [1.54, 1.807) is 4.68 Å². The van der Waals surface area contributed by atoms with Gasteiger partial charge in [-0.1, -0.05) is 37.3 Å². The highest BCUT2D eigenvalue weighted by Gasteiger charge is 2.29. The van der Waals surface area contributed by atoms with E-state index in [2.05, 4.69) is 20.7 Å². The molecule has 3 rings (SSSR count). The van der Waals surface area contributed by atoms with Gasteiger partial charge in [-0.05, 0) is 12.0 Å². The van der Waals surface area contributed by atoms with Crippen LogP contribution < -0.4 is 10.6 Å². The summed E-state index contributed by atoms with van der Waals surface area (Å²) in [4.78, 5) is 27.7. The number of fused-ring (bicyclic) bond motifs is 1. The van der Waals surface area contributed by atoms with Crippen molar-refractivity contribution in [3.05, 3.63) is 35.9 Å². The number of amides is 2. The lowest BCUT2D eigenvalue weighted by atomic mass is 10.0. The Balaban J connectivity index is 1.90. The van der Waals surface area contributed by atoms with Crippen molar-refractivity contribution in [3.8, 4) is 0 Å². The first-order valence-corrected chi connectivity index (χ1v) is 7.28. The highest BCUT2D eigenvalue weighted by molar-refractivity contribution is 5.92. The van der Waals surface area contributed by atoms with Crippen LogP contribution in [0.1, 0.15) is 37.8 Å². The zero-order valence-corrected chi connectivity index (χ0v) is 12.2. The van der Waals surface area contributed by atoms with Gasteiger partial charge in [0.25, 0.3) is 5.95 Å². The van der Waals surface area contributed by atoms with E-state index in [1.165, 1.54) is 0 Å². The number of nitrogens with one attached hydrogen (secondary N) is 2. The number of rotatable bonds is 4. The van der Waals surface area contributed by atoms with Crippen LogP contribution >= 0.6 is 0 Å². The average Bonchev–Trinajstić information content (AvgIpc) is 2.89. The van der Waals surface area contributed by atoms with E-state index in [4.69, 9.17) is 0 Å². The van der Waals surface area contributed by atoms with Crippen LogP contribution in [0.15, 0.2) is 30.3 Å². The molecule has 1 atom stereocenters. The third-order valence-electron chi connectivity index (χ3n) is 3.47. The second-order valence-electron chi connectivity index (χ2n) is 5.18. The minimum absolute atomic E-state index is 0.111. The molecule has 22 heavy (non-hydrogen) atoms. The minimum Gasteiger partial charge on any atom is -0.295 e. The molecule has 0 fully saturated rings. The van der Waals surface area contributed by atoms with E-state index in [0.717, 1.165) is 12.0 Å². The van der Waals surface area contributed by atoms with Crippen LogP contribution in [-0.2, 0) is 9.59 Å². The second-order valence-corrected chi connectivity index (χ2v) is 5.18. The first kappa shape index (κ1) is 14.2. The van der Waals surface area contributed by atoms with E-state index < -0.39 is 0 Å². The topological polar surface area (TPSA) is 88.9 Å². The second kappa shape index (κ2) is 5.97. The van der Waals surface area contributed by atoms with Gasteiger partial charge >= 0.3 is 0 Å². The first-order chi connectivity index (χ1) is 10.7. The molecule has 0 radical (unpaired) electrons. The zero-order valence-electron chi connectivity index (χ0n) is 12.2. The van der Waals surface area contributed by atoms with Gasteiger partial charge in [-0.2, -0.15) is 4.98 Å². The lowest BCUT2D eigenvalue weighted by Gasteiger charge is -2.23. The van der Waals surface area contributed by atoms with Crippen molar-refractivity contribution in [1.29, 1.82) is 0 Å². The molecule has 7 heteroatoms. The Hall–Kier alpha value is -2.70. The average molecular weight is 299 g/mol. The van der Waals surface area contributed by atoms with Crippen molar-refractivity contribution in [2.75, 3.05) is 10.6 Å². The maximum atomic E-state index is 11.9. The third kappa shape index (κ3) is 2.83. The predicted molar refractivity (Wildman–Crippen MR) is 81.4 cm³/mol. The molecule has 0 unspecified atom stereocenters. The van der Waals surface area contributed by atoms with Gasteiger partial charge in [-0.3, -0.25) is 20.2 Å². The molecule has 0 saturated carbocycles. The van der Waals surface area contributed by atoms with Gasteiger partial charge in [0.1, 0.15) is 0 Å². The van der Waals surface area contributed by atoms with Crippen molar-refractivity contribution in [1.82, 2.24) is 14.8 Å². The van der Waals surface area contributed by atoms with Crippen molar-refractivity contribution in [2.24, 2.45) is 0 Å². The molecule has 2 aromatic rings. The van der Waals surface area contributed by atoms with E-state index >= 15 is 0 Å². The first-order valence-electron chi connectivity index (χ1n) is 7.28. The largest absolute Gasteiger partial charge is 0.295 e. The molecule has 2 heterocycles. The van der Waals surface area contributed by atoms with Crippen molar-refractivity contribution >= 4 is 23.7 Å². The lowest BCUT2D eigenvalue weighted by Crippen LogP contribution is -2.29. The summed E-state index contributed by atoms with van der Waals surface area (Å²) in [6.45, 7) is 1.93. The van der Waals surface area contributed by atoms with E-state index in [0.29, 0.717) is 18.8 Å². The van der Waals surface area contributed by atoms with E-state index in [9.17, 15) is 9.59 Å². The van der Waals surface area contributed by atoms with Crippen molar-refractivity contribution in [2.45, 2.75) is 32.2 Å². The van der Waals surface area contributed by atoms with Gasteiger partial charge in [0.2, 0.25) is 17.8 Å². The number of hydrogen-bond acceptors (Lipinski definition) is 4. The molecule has 0 spiro atoms. The summed E-state index contributed by atoms with van der Waals surface area (Å²) in [5.41, 5.74) is 0.981. The number of nitrogens with zero attached hydrogens (tertiary/aromatic N) is 3. The van der Waals surface area contributed by atoms with Crippen molar-refractivity contribution in [3.63, 3.8) is 0 Å². The Morgan fingerprint density at radius 3 is 2.91 bits per heavy atom. The Morgan fingerprint density at radius 2 is 2.18 bits per heavy atom. The van der Waals surface area contributed by atoms with Crippen LogP contribution in [0, 0.1) is 0 Å². The quantitative estimate of drug-likeness (QED) is 0.903. The van der Waals surface area contributed by atoms with Crippen molar-refractivity contribution < 1.29 is 9.59 Å². The van der Waals surface area contributed by atoms with Gasteiger partial charge in [0.05, 0.1) is 12.5 Å². The fraction of sp³-hybridized carbons (Fsp3) is 0.333. The molecule has 1 aromatic carbocycles. The highest BCUT2D eigenvalue weighted by atomic mass is 16.2. The van der Waals surface area contributed by atoms with Crippen LogP contribution in [0.4, 0.5) is 11.9 Å². The Morgan fingerprint density at radius 1 is 1.41 bits per heavy atom. The fourth-order valence-electron chi connectivity index (χ4n) is 2.47. The molecule has 0 aliphatic carbocycles.